The Morgan fingerprint density at radius 3 is 2.93 bits per heavy atom. The number of aryl methyl sites for hydroxylation is 2. The molecule has 7 heteroatoms. The second-order valence-corrected chi connectivity index (χ2v) is 8.64. The number of nitrogens with one attached hydrogen (secondary N) is 2. The fourth-order valence-corrected chi connectivity index (χ4v) is 4.35. The predicted molar refractivity (Wildman–Crippen MR) is 112 cm³/mol. The predicted octanol–water partition coefficient (Wildman–Crippen LogP) is 2.43. The van der Waals surface area contributed by atoms with E-state index in [2.05, 4.69) is 39.2 Å². The van der Waals surface area contributed by atoms with E-state index in [1.807, 2.05) is 0 Å². The molecule has 0 radical (unpaired) electrons. The van der Waals surface area contributed by atoms with Gasteiger partial charge in [0.05, 0.1) is 12.6 Å². The Labute approximate surface area is 169 Å². The van der Waals surface area contributed by atoms with Crippen molar-refractivity contribution in [3.8, 4) is 0 Å². The summed E-state index contributed by atoms with van der Waals surface area (Å²) >= 11 is 0. The Balaban J connectivity index is 1.48. The summed E-state index contributed by atoms with van der Waals surface area (Å²) in [5, 5.41) is 26.0. The molecule has 2 unspecified atom stereocenters. The van der Waals surface area contributed by atoms with Crippen molar-refractivity contribution in [3.63, 3.8) is 0 Å². The molecule has 1 aromatic heterocycles. The molecule has 0 amide bonds. The molecule has 0 bridgehead atoms. The summed E-state index contributed by atoms with van der Waals surface area (Å²) in [5.74, 6) is 3.13. The first-order valence-corrected chi connectivity index (χ1v) is 11.2. The Morgan fingerprint density at radius 1 is 1.21 bits per heavy atom. The van der Waals surface area contributed by atoms with E-state index >= 15 is 0 Å². The molecule has 1 aliphatic heterocycles. The van der Waals surface area contributed by atoms with E-state index in [9.17, 15) is 5.11 Å². The summed E-state index contributed by atoms with van der Waals surface area (Å²) in [4.78, 5) is 4.78. The smallest absolute Gasteiger partial charge is 0.191 e. The minimum Gasteiger partial charge on any atom is -0.392 e. The van der Waals surface area contributed by atoms with Crippen molar-refractivity contribution in [2.24, 2.45) is 10.4 Å². The van der Waals surface area contributed by atoms with Crippen molar-refractivity contribution in [2.45, 2.75) is 90.7 Å². The maximum atomic E-state index is 10.4. The SMILES string of the molecule is CCNC(=NCC1(C)CCCCC1O)NCCCc1nnc2n1CCCCC2. The number of aliphatic imine (C=N–C) groups is 1. The third-order valence-electron chi connectivity index (χ3n) is 6.28. The number of hydrogen-bond acceptors (Lipinski definition) is 4. The molecule has 1 saturated carbocycles. The zero-order chi connectivity index (χ0) is 19.8. The van der Waals surface area contributed by atoms with Crippen LogP contribution in [0.25, 0.3) is 0 Å². The van der Waals surface area contributed by atoms with Crippen molar-refractivity contribution in [3.05, 3.63) is 11.6 Å². The number of nitrogens with zero attached hydrogens (tertiary/aromatic N) is 4. The lowest BCUT2D eigenvalue weighted by atomic mass is 9.73. The molecule has 28 heavy (non-hydrogen) atoms. The van der Waals surface area contributed by atoms with Crippen molar-refractivity contribution in [2.75, 3.05) is 19.6 Å². The monoisotopic (exact) mass is 390 g/mol. The van der Waals surface area contributed by atoms with E-state index in [1.165, 1.54) is 25.7 Å². The zero-order valence-corrected chi connectivity index (χ0v) is 17.7. The first-order valence-electron chi connectivity index (χ1n) is 11.2. The van der Waals surface area contributed by atoms with E-state index in [4.69, 9.17) is 4.99 Å². The first kappa shape index (κ1) is 21.1. The number of hydrogen-bond donors (Lipinski definition) is 3. The van der Waals surface area contributed by atoms with Gasteiger partial charge in [0, 0.05) is 37.9 Å². The molecule has 7 nitrogen and oxygen atoms in total. The third kappa shape index (κ3) is 5.46. The Morgan fingerprint density at radius 2 is 2.11 bits per heavy atom. The second-order valence-electron chi connectivity index (χ2n) is 8.64. The standard InChI is InChI=1S/C21H38N6O/c1-3-22-20(24-16-21(2)13-7-6-10-17(21)28)23-14-9-12-19-26-25-18-11-5-4-8-15-27(18)19/h17,28H,3-16H2,1-2H3,(H2,22,23,24). The molecular weight excluding hydrogens is 352 g/mol. The fourth-order valence-electron chi connectivity index (χ4n) is 4.35. The number of guanidine groups is 1. The van der Waals surface area contributed by atoms with Gasteiger partial charge in [-0.2, -0.15) is 0 Å². The molecule has 0 aromatic carbocycles. The van der Waals surface area contributed by atoms with Gasteiger partial charge in [0.1, 0.15) is 11.6 Å². The minimum absolute atomic E-state index is 0.0975. The average molecular weight is 391 g/mol. The lowest BCUT2D eigenvalue weighted by molar-refractivity contribution is 0.00716. The van der Waals surface area contributed by atoms with Crippen LogP contribution >= 0.6 is 0 Å². The van der Waals surface area contributed by atoms with Gasteiger partial charge in [0.2, 0.25) is 0 Å². The van der Waals surface area contributed by atoms with Crippen LogP contribution in [0.2, 0.25) is 0 Å². The first-order chi connectivity index (χ1) is 13.6. The normalized spacial score (nSPS) is 25.8. The number of aromatic nitrogens is 3. The van der Waals surface area contributed by atoms with E-state index in [1.54, 1.807) is 0 Å². The van der Waals surface area contributed by atoms with Crippen LogP contribution in [0.4, 0.5) is 0 Å². The van der Waals surface area contributed by atoms with Crippen LogP contribution in [-0.4, -0.2) is 51.6 Å². The fraction of sp³-hybridized carbons (Fsp3) is 0.857. The van der Waals surface area contributed by atoms with E-state index in [0.29, 0.717) is 6.54 Å². The van der Waals surface area contributed by atoms with Gasteiger partial charge < -0.3 is 20.3 Å². The summed E-state index contributed by atoms with van der Waals surface area (Å²) in [5.41, 5.74) is -0.0975. The second kappa shape index (κ2) is 10.2. The number of aliphatic hydroxyl groups is 1. The molecule has 3 rings (SSSR count). The Kier molecular flexibility index (Phi) is 7.71. The van der Waals surface area contributed by atoms with Crippen LogP contribution < -0.4 is 10.6 Å². The van der Waals surface area contributed by atoms with E-state index in [-0.39, 0.29) is 11.5 Å². The van der Waals surface area contributed by atoms with Gasteiger partial charge in [-0.3, -0.25) is 4.99 Å². The van der Waals surface area contributed by atoms with Gasteiger partial charge in [-0.15, -0.1) is 10.2 Å². The molecule has 0 spiro atoms. The molecule has 0 saturated heterocycles. The Bertz CT molecular complexity index is 643. The van der Waals surface area contributed by atoms with Gasteiger partial charge in [0.15, 0.2) is 5.96 Å². The van der Waals surface area contributed by atoms with Gasteiger partial charge in [-0.05, 0) is 39.0 Å². The summed E-state index contributed by atoms with van der Waals surface area (Å²) in [6.45, 7) is 7.67. The zero-order valence-electron chi connectivity index (χ0n) is 17.7. The van der Waals surface area contributed by atoms with Crippen LogP contribution in [0.5, 0.6) is 0 Å². The summed E-state index contributed by atoms with van der Waals surface area (Å²) in [6, 6.07) is 0. The molecule has 1 aromatic rings. The number of fused-ring (bicyclic) bond motifs is 1. The molecule has 2 aliphatic rings. The van der Waals surface area contributed by atoms with Crippen molar-refractivity contribution >= 4 is 5.96 Å². The molecule has 3 N–H and O–H groups in total. The van der Waals surface area contributed by atoms with Crippen LogP contribution in [-0.2, 0) is 19.4 Å². The highest BCUT2D eigenvalue weighted by atomic mass is 16.3. The highest BCUT2D eigenvalue weighted by molar-refractivity contribution is 5.79. The third-order valence-corrected chi connectivity index (χ3v) is 6.28. The van der Waals surface area contributed by atoms with Gasteiger partial charge in [0.25, 0.3) is 0 Å². The van der Waals surface area contributed by atoms with Crippen LogP contribution in [0.15, 0.2) is 4.99 Å². The minimum atomic E-state index is -0.240. The van der Waals surface area contributed by atoms with Gasteiger partial charge >= 0.3 is 0 Å². The largest absolute Gasteiger partial charge is 0.392 e. The van der Waals surface area contributed by atoms with E-state index in [0.717, 1.165) is 75.8 Å². The molecule has 2 atom stereocenters. The molecule has 1 fully saturated rings. The maximum absolute atomic E-state index is 10.4. The van der Waals surface area contributed by atoms with Crippen molar-refractivity contribution in [1.29, 1.82) is 0 Å². The molecular formula is C21H38N6O. The number of aliphatic hydroxyl groups excluding tert-OH is 1. The molecule has 1 aliphatic carbocycles. The quantitative estimate of drug-likeness (QED) is 0.378. The molecule has 2 heterocycles. The van der Waals surface area contributed by atoms with Crippen LogP contribution in [0, 0.1) is 5.41 Å². The topological polar surface area (TPSA) is 87.4 Å². The van der Waals surface area contributed by atoms with E-state index < -0.39 is 0 Å². The summed E-state index contributed by atoms with van der Waals surface area (Å²) in [6.07, 6.45) is 10.8. The van der Waals surface area contributed by atoms with Crippen molar-refractivity contribution < 1.29 is 5.11 Å². The lowest BCUT2D eigenvalue weighted by Gasteiger charge is -2.37. The van der Waals surface area contributed by atoms with Crippen molar-refractivity contribution in [1.82, 2.24) is 25.4 Å². The van der Waals surface area contributed by atoms with Crippen LogP contribution in [0.3, 0.4) is 0 Å². The molecule has 158 valence electrons. The maximum Gasteiger partial charge on any atom is 0.191 e. The van der Waals surface area contributed by atoms with Gasteiger partial charge in [-0.1, -0.05) is 26.2 Å². The summed E-state index contributed by atoms with van der Waals surface area (Å²) in [7, 11) is 0. The lowest BCUT2D eigenvalue weighted by Crippen LogP contribution is -2.42. The van der Waals surface area contributed by atoms with Crippen LogP contribution in [0.1, 0.15) is 76.9 Å². The highest BCUT2D eigenvalue weighted by Crippen LogP contribution is 2.36. The van der Waals surface area contributed by atoms with Gasteiger partial charge in [-0.25, -0.2) is 0 Å². The average Bonchev–Trinajstić information content (AvgIpc) is 2.92. The Hall–Kier alpha value is -1.63. The highest BCUT2D eigenvalue weighted by Gasteiger charge is 2.35. The summed E-state index contributed by atoms with van der Waals surface area (Å²) < 4.78 is 2.33. The number of rotatable bonds is 7.